The summed E-state index contributed by atoms with van der Waals surface area (Å²) in [6.07, 6.45) is 5.34. The van der Waals surface area contributed by atoms with Crippen LogP contribution in [0.5, 0.6) is 0 Å². The highest BCUT2D eigenvalue weighted by Gasteiger charge is 2.24. The number of anilines is 2. The Balaban J connectivity index is 1.97. The van der Waals surface area contributed by atoms with Gasteiger partial charge in [0.05, 0.1) is 0 Å². The zero-order valence-electron chi connectivity index (χ0n) is 10.3. The van der Waals surface area contributed by atoms with Crippen molar-refractivity contribution in [3.05, 3.63) is 23.8 Å². The normalized spacial score (nSPS) is 17.1. The highest BCUT2D eigenvalue weighted by Crippen LogP contribution is 2.35. The smallest absolute Gasteiger partial charge is 0.0364 e. The first kappa shape index (κ1) is 11.3. The van der Waals surface area contributed by atoms with Crippen LogP contribution in [-0.2, 0) is 0 Å². The lowest BCUT2D eigenvalue weighted by atomic mass is 10.1. The van der Waals surface area contributed by atoms with Gasteiger partial charge in [-0.2, -0.15) is 0 Å². The topological polar surface area (TPSA) is 38.0 Å². The number of hydrogen-bond acceptors (Lipinski definition) is 2. The predicted molar refractivity (Wildman–Crippen MR) is 70.6 cm³/mol. The molecule has 88 valence electrons. The summed E-state index contributed by atoms with van der Waals surface area (Å²) in [6.45, 7) is 4.29. The van der Waals surface area contributed by atoms with Crippen LogP contribution in [0.2, 0.25) is 0 Å². The van der Waals surface area contributed by atoms with Gasteiger partial charge in [0, 0.05) is 17.4 Å². The summed E-state index contributed by atoms with van der Waals surface area (Å²) >= 11 is 0. The molecule has 0 aromatic heterocycles. The second-order valence-electron chi connectivity index (χ2n) is 5.00. The molecular weight excluding hydrogens is 196 g/mol. The first-order valence-electron chi connectivity index (χ1n) is 6.31. The molecule has 2 rings (SSSR count). The van der Waals surface area contributed by atoms with Crippen molar-refractivity contribution in [1.82, 2.24) is 0 Å². The third-order valence-electron chi connectivity index (χ3n) is 3.46. The van der Waals surface area contributed by atoms with Gasteiger partial charge in [0.1, 0.15) is 0 Å². The SMILES string of the molecule is CCC(CC1CC1)Nc1ccc(C)c(N)c1. The van der Waals surface area contributed by atoms with E-state index >= 15 is 0 Å². The van der Waals surface area contributed by atoms with Gasteiger partial charge < -0.3 is 11.1 Å². The summed E-state index contributed by atoms with van der Waals surface area (Å²) in [4.78, 5) is 0. The molecule has 0 spiro atoms. The van der Waals surface area contributed by atoms with Gasteiger partial charge in [-0.1, -0.05) is 25.8 Å². The van der Waals surface area contributed by atoms with Gasteiger partial charge in [0.2, 0.25) is 0 Å². The molecule has 0 bridgehead atoms. The molecule has 0 radical (unpaired) electrons. The Bertz CT molecular complexity index is 356. The molecule has 1 unspecified atom stereocenters. The maximum Gasteiger partial charge on any atom is 0.0364 e. The summed E-state index contributed by atoms with van der Waals surface area (Å²) in [7, 11) is 0. The van der Waals surface area contributed by atoms with Crippen molar-refractivity contribution in [3.63, 3.8) is 0 Å². The number of hydrogen-bond donors (Lipinski definition) is 2. The fraction of sp³-hybridized carbons (Fsp3) is 0.571. The van der Waals surface area contributed by atoms with Crippen molar-refractivity contribution in [1.29, 1.82) is 0 Å². The molecule has 3 N–H and O–H groups in total. The van der Waals surface area contributed by atoms with Crippen molar-refractivity contribution in [3.8, 4) is 0 Å². The van der Waals surface area contributed by atoms with Crippen LogP contribution in [0.15, 0.2) is 18.2 Å². The standard InChI is InChI=1S/C14H22N2/c1-3-12(8-11-5-6-11)16-13-7-4-10(2)14(15)9-13/h4,7,9,11-12,16H,3,5-6,8,15H2,1-2H3. The zero-order valence-corrected chi connectivity index (χ0v) is 10.3. The summed E-state index contributed by atoms with van der Waals surface area (Å²) in [5.41, 5.74) is 9.11. The van der Waals surface area contributed by atoms with Gasteiger partial charge >= 0.3 is 0 Å². The number of nitrogens with one attached hydrogen (secondary N) is 1. The van der Waals surface area contributed by atoms with Crippen LogP contribution in [0.3, 0.4) is 0 Å². The largest absolute Gasteiger partial charge is 0.398 e. The lowest BCUT2D eigenvalue weighted by Gasteiger charge is -2.18. The second-order valence-corrected chi connectivity index (χ2v) is 5.00. The maximum atomic E-state index is 5.91. The van der Waals surface area contributed by atoms with Gasteiger partial charge in [0.15, 0.2) is 0 Å². The number of aryl methyl sites for hydroxylation is 1. The Kier molecular flexibility index (Phi) is 3.37. The molecule has 2 nitrogen and oxygen atoms in total. The lowest BCUT2D eigenvalue weighted by molar-refractivity contribution is 0.587. The fourth-order valence-electron chi connectivity index (χ4n) is 2.05. The Hall–Kier alpha value is -1.18. The minimum atomic E-state index is 0.606. The van der Waals surface area contributed by atoms with Crippen molar-refractivity contribution >= 4 is 11.4 Å². The highest BCUT2D eigenvalue weighted by atomic mass is 14.9. The molecule has 16 heavy (non-hydrogen) atoms. The monoisotopic (exact) mass is 218 g/mol. The Morgan fingerprint density at radius 2 is 2.19 bits per heavy atom. The van der Waals surface area contributed by atoms with Crippen LogP contribution in [-0.4, -0.2) is 6.04 Å². The van der Waals surface area contributed by atoms with Crippen molar-refractivity contribution in [2.75, 3.05) is 11.1 Å². The van der Waals surface area contributed by atoms with Gasteiger partial charge in [-0.05, 0) is 43.4 Å². The molecule has 2 heteroatoms. The van der Waals surface area contributed by atoms with E-state index in [9.17, 15) is 0 Å². The van der Waals surface area contributed by atoms with Crippen LogP contribution < -0.4 is 11.1 Å². The minimum Gasteiger partial charge on any atom is -0.398 e. The molecule has 1 aliphatic carbocycles. The lowest BCUT2D eigenvalue weighted by Crippen LogP contribution is -2.19. The average molecular weight is 218 g/mol. The summed E-state index contributed by atoms with van der Waals surface area (Å²) in [5.74, 6) is 0.972. The second kappa shape index (κ2) is 4.77. The van der Waals surface area contributed by atoms with Crippen LogP contribution >= 0.6 is 0 Å². The zero-order chi connectivity index (χ0) is 11.5. The molecule has 1 aromatic carbocycles. The number of benzene rings is 1. The molecule has 0 aliphatic heterocycles. The van der Waals surface area contributed by atoms with Gasteiger partial charge in [-0.25, -0.2) is 0 Å². The summed E-state index contributed by atoms with van der Waals surface area (Å²) < 4.78 is 0. The third-order valence-corrected chi connectivity index (χ3v) is 3.46. The van der Waals surface area contributed by atoms with E-state index in [0.29, 0.717) is 6.04 Å². The Labute approximate surface area is 98.2 Å². The van der Waals surface area contributed by atoms with Gasteiger partial charge in [-0.3, -0.25) is 0 Å². The molecule has 1 aliphatic rings. The molecular formula is C14H22N2. The molecule has 1 aromatic rings. The fourth-order valence-corrected chi connectivity index (χ4v) is 2.05. The maximum absolute atomic E-state index is 5.91. The van der Waals surface area contributed by atoms with Crippen molar-refractivity contribution in [2.45, 2.75) is 45.6 Å². The summed E-state index contributed by atoms with van der Waals surface area (Å²) in [5, 5.41) is 3.59. The van der Waals surface area contributed by atoms with Crippen LogP contribution in [0, 0.1) is 12.8 Å². The van der Waals surface area contributed by atoms with E-state index in [2.05, 4.69) is 24.4 Å². The van der Waals surface area contributed by atoms with E-state index in [1.807, 2.05) is 13.0 Å². The van der Waals surface area contributed by atoms with Crippen LogP contribution in [0.1, 0.15) is 38.2 Å². The first-order valence-corrected chi connectivity index (χ1v) is 6.31. The molecule has 1 saturated carbocycles. The Morgan fingerprint density at radius 1 is 1.44 bits per heavy atom. The molecule has 0 heterocycles. The Morgan fingerprint density at radius 3 is 2.75 bits per heavy atom. The average Bonchev–Trinajstić information content (AvgIpc) is 3.06. The van der Waals surface area contributed by atoms with E-state index in [1.54, 1.807) is 0 Å². The molecule has 0 saturated heterocycles. The molecule has 1 atom stereocenters. The van der Waals surface area contributed by atoms with Crippen LogP contribution in [0.4, 0.5) is 11.4 Å². The number of nitrogens with two attached hydrogens (primary N) is 1. The minimum absolute atomic E-state index is 0.606. The van der Waals surface area contributed by atoms with Crippen LogP contribution in [0.25, 0.3) is 0 Å². The van der Waals surface area contributed by atoms with E-state index in [-0.39, 0.29) is 0 Å². The van der Waals surface area contributed by atoms with E-state index < -0.39 is 0 Å². The quantitative estimate of drug-likeness (QED) is 0.741. The highest BCUT2D eigenvalue weighted by molar-refractivity contribution is 5.58. The van der Waals surface area contributed by atoms with Gasteiger partial charge in [0.25, 0.3) is 0 Å². The van der Waals surface area contributed by atoms with Crippen molar-refractivity contribution in [2.24, 2.45) is 5.92 Å². The van der Waals surface area contributed by atoms with Gasteiger partial charge in [-0.15, -0.1) is 0 Å². The number of nitrogen functional groups attached to an aromatic ring is 1. The molecule has 0 amide bonds. The summed E-state index contributed by atoms with van der Waals surface area (Å²) in [6, 6.07) is 6.86. The predicted octanol–water partition coefficient (Wildman–Crippen LogP) is 3.57. The van der Waals surface area contributed by atoms with E-state index in [4.69, 9.17) is 5.73 Å². The van der Waals surface area contributed by atoms with E-state index in [0.717, 1.165) is 22.9 Å². The molecule has 1 fully saturated rings. The van der Waals surface area contributed by atoms with E-state index in [1.165, 1.54) is 25.7 Å². The number of rotatable bonds is 5. The first-order chi connectivity index (χ1) is 7.69. The third kappa shape index (κ3) is 2.91. The van der Waals surface area contributed by atoms with Crippen molar-refractivity contribution < 1.29 is 0 Å².